The fourth-order valence-corrected chi connectivity index (χ4v) is 7.17. The highest BCUT2D eigenvalue weighted by Crippen LogP contribution is 2.68. The quantitative estimate of drug-likeness (QED) is 0.592. The molecule has 5 heteroatoms. The molecule has 0 radical (unpaired) electrons. The molecule has 0 aromatic heterocycles. The number of hydrogen-bond acceptors (Lipinski definition) is 5. The van der Waals surface area contributed by atoms with Crippen LogP contribution in [-0.4, -0.2) is 50.6 Å². The SMILES string of the molecule is [2H]C1([2H])C[C@]2(C)C3C(CC[C@@H]2C([2H])([2H])[C@]1([2H])O)C1CC[C@](O)(C(=O)CO)[C@@]1(C)C[C@@H]3O. The summed E-state index contributed by atoms with van der Waals surface area (Å²) in [7, 11) is 0. The fraction of sp³-hybridized carbons (Fsp3) is 0.952. The van der Waals surface area contributed by atoms with Crippen molar-refractivity contribution in [3.8, 4) is 0 Å². The van der Waals surface area contributed by atoms with E-state index < -0.39 is 65.6 Å². The Kier molecular flexibility index (Phi) is 3.15. The van der Waals surface area contributed by atoms with E-state index in [2.05, 4.69) is 0 Å². The van der Waals surface area contributed by atoms with Crippen LogP contribution in [0.1, 0.15) is 72.0 Å². The first-order valence-corrected chi connectivity index (χ1v) is 9.78. The van der Waals surface area contributed by atoms with Gasteiger partial charge in [-0.3, -0.25) is 4.79 Å². The average Bonchev–Trinajstić information content (AvgIpc) is 2.90. The zero-order valence-electron chi connectivity index (χ0n) is 20.5. The molecule has 0 spiro atoms. The lowest BCUT2D eigenvalue weighted by atomic mass is 9.43. The number of hydrogen-bond donors (Lipinski definition) is 4. The van der Waals surface area contributed by atoms with E-state index in [9.17, 15) is 25.2 Å². The number of rotatable bonds is 2. The van der Waals surface area contributed by atoms with Crippen molar-refractivity contribution in [2.45, 2.75) is 82.9 Å². The van der Waals surface area contributed by atoms with Crippen molar-refractivity contribution in [2.24, 2.45) is 34.5 Å². The van der Waals surface area contributed by atoms with E-state index in [1.165, 1.54) is 0 Å². The van der Waals surface area contributed by atoms with Crippen molar-refractivity contribution in [1.29, 1.82) is 0 Å². The van der Waals surface area contributed by atoms with Crippen LogP contribution in [0.3, 0.4) is 0 Å². The third kappa shape index (κ3) is 2.27. The van der Waals surface area contributed by atoms with E-state index in [1.807, 2.05) is 0 Å². The predicted octanol–water partition coefficient (Wildman–Crippen LogP) is 1.65. The van der Waals surface area contributed by atoms with Crippen LogP contribution in [-0.2, 0) is 4.79 Å². The van der Waals surface area contributed by atoms with E-state index in [1.54, 1.807) is 13.8 Å². The van der Waals surface area contributed by atoms with Crippen LogP contribution < -0.4 is 0 Å². The lowest BCUT2D eigenvalue weighted by Crippen LogP contribution is -2.63. The average molecular weight is 372 g/mol. The standard InChI is InChI=1S/C21H34O5/c1-19-7-5-13(23)9-12(19)3-4-14-15-6-8-21(26,17(25)11-22)20(15,2)10-16(24)18(14)19/h12-16,18,22-24,26H,3-11H2,1-2H3/t12-,13-,14?,15?,16+,18?,19+,20+,21+/m1/s1/i5D2,9D2,13D. The largest absolute Gasteiger partial charge is 0.393 e. The van der Waals surface area contributed by atoms with Crippen molar-refractivity contribution in [1.82, 2.24) is 0 Å². The van der Waals surface area contributed by atoms with Gasteiger partial charge in [0.1, 0.15) is 12.2 Å². The molecule has 5 nitrogen and oxygen atoms in total. The summed E-state index contributed by atoms with van der Waals surface area (Å²) in [4.78, 5) is 12.5. The number of ketones is 1. The number of aliphatic hydroxyl groups excluding tert-OH is 2. The predicted molar refractivity (Wildman–Crippen MR) is 96.2 cm³/mol. The van der Waals surface area contributed by atoms with Crippen LogP contribution in [0, 0.1) is 34.5 Å². The van der Waals surface area contributed by atoms with Gasteiger partial charge in [0.25, 0.3) is 0 Å². The molecule has 3 unspecified atom stereocenters. The van der Waals surface area contributed by atoms with Crippen LogP contribution in [0.4, 0.5) is 0 Å². The van der Waals surface area contributed by atoms with Gasteiger partial charge in [0, 0.05) is 10.9 Å². The van der Waals surface area contributed by atoms with Crippen LogP contribution in [0.25, 0.3) is 0 Å². The Morgan fingerprint density at radius 2 is 1.96 bits per heavy atom. The summed E-state index contributed by atoms with van der Waals surface area (Å²) in [5.41, 5.74) is -3.65. The molecule has 148 valence electrons. The summed E-state index contributed by atoms with van der Waals surface area (Å²) < 4.78 is 41.9. The maximum absolute atomic E-state index is 12.5. The first kappa shape index (κ1) is 13.6. The van der Waals surface area contributed by atoms with Gasteiger partial charge in [-0.1, -0.05) is 13.8 Å². The summed E-state index contributed by atoms with van der Waals surface area (Å²) in [5.74, 6) is -2.21. The summed E-state index contributed by atoms with van der Waals surface area (Å²) in [6.07, 6.45) is -7.49. The number of carbonyl (C=O) groups excluding carboxylic acids is 1. The Balaban J connectivity index is 1.77. The zero-order valence-corrected chi connectivity index (χ0v) is 15.5. The Hall–Kier alpha value is -0.490. The molecule has 0 amide bonds. The van der Waals surface area contributed by atoms with E-state index in [4.69, 9.17) is 6.85 Å². The van der Waals surface area contributed by atoms with Gasteiger partial charge in [-0.15, -0.1) is 0 Å². The molecule has 0 aromatic rings. The van der Waals surface area contributed by atoms with Crippen molar-refractivity contribution in [3.05, 3.63) is 0 Å². The van der Waals surface area contributed by atoms with Crippen LogP contribution in [0.2, 0.25) is 0 Å². The van der Waals surface area contributed by atoms with Gasteiger partial charge in [0.2, 0.25) is 0 Å². The molecule has 26 heavy (non-hydrogen) atoms. The molecule has 9 atom stereocenters. The zero-order chi connectivity index (χ0) is 23.4. The lowest BCUT2D eigenvalue weighted by Gasteiger charge is -2.62. The summed E-state index contributed by atoms with van der Waals surface area (Å²) in [6, 6.07) is 0. The molecule has 4 N–H and O–H groups in total. The highest BCUT2D eigenvalue weighted by Gasteiger charge is 2.68. The van der Waals surface area contributed by atoms with Crippen LogP contribution in [0.5, 0.6) is 0 Å². The minimum absolute atomic E-state index is 0.0977. The highest BCUT2D eigenvalue weighted by atomic mass is 16.3. The Labute approximate surface area is 162 Å². The minimum Gasteiger partial charge on any atom is -0.393 e. The first-order chi connectivity index (χ1) is 14.0. The molecule has 4 aliphatic carbocycles. The second-order valence-corrected chi connectivity index (χ2v) is 9.45. The minimum atomic E-state index is -2.90. The topological polar surface area (TPSA) is 98.0 Å². The molecule has 0 aromatic carbocycles. The molecule has 0 saturated heterocycles. The van der Waals surface area contributed by atoms with Gasteiger partial charge in [-0.25, -0.2) is 0 Å². The fourth-order valence-electron chi connectivity index (χ4n) is 7.17. The second kappa shape index (κ2) is 6.00. The Morgan fingerprint density at radius 3 is 2.65 bits per heavy atom. The molecule has 0 aliphatic heterocycles. The number of fused-ring (bicyclic) bond motifs is 5. The summed E-state index contributed by atoms with van der Waals surface area (Å²) in [5, 5.41) is 42.6. The summed E-state index contributed by atoms with van der Waals surface area (Å²) in [6.45, 7) is 2.78. The van der Waals surface area contributed by atoms with E-state index >= 15 is 0 Å². The third-order valence-corrected chi connectivity index (χ3v) is 8.50. The maximum atomic E-state index is 12.5. The van der Waals surface area contributed by atoms with Gasteiger partial charge in [0.15, 0.2) is 5.78 Å². The highest BCUT2D eigenvalue weighted by molar-refractivity contribution is 5.89. The number of carbonyl (C=O) groups is 1. The smallest absolute Gasteiger partial charge is 0.190 e. The van der Waals surface area contributed by atoms with Crippen molar-refractivity contribution in [2.75, 3.05) is 6.61 Å². The lowest BCUT2D eigenvalue weighted by molar-refractivity contribution is -0.202. The number of Topliss-reactive ketones (excluding diaryl/α,β-unsaturated/α-hetero) is 1. The third-order valence-electron chi connectivity index (χ3n) is 8.50. The normalized spacial score (nSPS) is 65.9. The maximum Gasteiger partial charge on any atom is 0.190 e. The van der Waals surface area contributed by atoms with Gasteiger partial charge in [-0.2, -0.15) is 0 Å². The van der Waals surface area contributed by atoms with Gasteiger partial charge in [-0.05, 0) is 80.4 Å². The Bertz CT molecular complexity index is 790. The number of aliphatic hydroxyl groups is 4. The molecule has 0 bridgehead atoms. The molecule has 4 fully saturated rings. The van der Waals surface area contributed by atoms with Crippen molar-refractivity contribution < 1.29 is 32.1 Å². The molecule has 4 aliphatic rings. The summed E-state index contributed by atoms with van der Waals surface area (Å²) >= 11 is 0. The van der Waals surface area contributed by atoms with Gasteiger partial charge < -0.3 is 20.4 Å². The van der Waals surface area contributed by atoms with Gasteiger partial charge >= 0.3 is 0 Å². The van der Waals surface area contributed by atoms with Crippen LogP contribution >= 0.6 is 0 Å². The molecular weight excluding hydrogens is 332 g/mol. The van der Waals surface area contributed by atoms with E-state index in [0.717, 1.165) is 0 Å². The Morgan fingerprint density at radius 1 is 1.23 bits per heavy atom. The molecule has 0 heterocycles. The van der Waals surface area contributed by atoms with Crippen molar-refractivity contribution in [3.63, 3.8) is 0 Å². The van der Waals surface area contributed by atoms with Crippen molar-refractivity contribution >= 4 is 5.78 Å². The van der Waals surface area contributed by atoms with E-state index in [0.29, 0.717) is 19.3 Å². The monoisotopic (exact) mass is 371 g/mol. The molecular formula is C21H34O5. The van der Waals surface area contributed by atoms with Crippen LogP contribution in [0.15, 0.2) is 0 Å². The van der Waals surface area contributed by atoms with Gasteiger partial charge in [0.05, 0.1) is 13.6 Å². The first-order valence-electron chi connectivity index (χ1n) is 12.3. The second-order valence-electron chi connectivity index (χ2n) is 9.45. The molecule has 4 saturated carbocycles. The van der Waals surface area contributed by atoms with E-state index in [-0.39, 0.29) is 31.1 Å². The molecule has 4 rings (SSSR count).